The molecule has 22 heavy (non-hydrogen) atoms. The van der Waals surface area contributed by atoms with Crippen LogP contribution in [0, 0.1) is 0 Å². The van der Waals surface area contributed by atoms with Gasteiger partial charge in [0.15, 0.2) is 17.3 Å². The smallest absolute Gasteiger partial charge is 0.216 e. The number of benzene rings is 1. The molecule has 0 spiro atoms. The lowest BCUT2D eigenvalue weighted by atomic mass is 10.2. The maximum Gasteiger partial charge on any atom is 0.216 e. The van der Waals surface area contributed by atoms with E-state index in [1.54, 1.807) is 25.3 Å². The van der Waals surface area contributed by atoms with E-state index in [-0.39, 0.29) is 0 Å². The zero-order chi connectivity index (χ0) is 16.4. The quantitative estimate of drug-likeness (QED) is 0.287. The summed E-state index contributed by atoms with van der Waals surface area (Å²) < 4.78 is 21.9. The van der Waals surface area contributed by atoms with E-state index in [0.29, 0.717) is 36.8 Å². The number of hydrogen-bond acceptors (Lipinski definition) is 5. The van der Waals surface area contributed by atoms with E-state index >= 15 is 0 Å². The highest BCUT2D eigenvalue weighted by atomic mass is 16.7. The third kappa shape index (κ3) is 5.35. The van der Waals surface area contributed by atoms with Gasteiger partial charge in [0.1, 0.15) is 6.29 Å². The largest absolute Gasteiger partial charge is 0.493 e. The van der Waals surface area contributed by atoms with Gasteiger partial charge in [0.2, 0.25) is 6.29 Å². The highest BCUT2D eigenvalue weighted by molar-refractivity contribution is 5.74. The lowest BCUT2D eigenvalue weighted by molar-refractivity contribution is -0.126. The Kier molecular flexibility index (Phi) is 7.96. The van der Waals surface area contributed by atoms with Crippen molar-refractivity contribution in [2.24, 2.45) is 0 Å². The van der Waals surface area contributed by atoms with Gasteiger partial charge >= 0.3 is 0 Å². The van der Waals surface area contributed by atoms with Crippen molar-refractivity contribution in [3.8, 4) is 11.5 Å². The fourth-order valence-electron chi connectivity index (χ4n) is 1.75. The molecule has 0 atom stereocenters. The van der Waals surface area contributed by atoms with Gasteiger partial charge in [-0.3, -0.25) is 4.79 Å². The van der Waals surface area contributed by atoms with Gasteiger partial charge in [0.25, 0.3) is 0 Å². The molecule has 0 aliphatic heterocycles. The maximum absolute atomic E-state index is 10.4. The van der Waals surface area contributed by atoms with Crippen LogP contribution in [0.2, 0.25) is 0 Å². The first kappa shape index (κ1) is 17.9. The van der Waals surface area contributed by atoms with Crippen molar-refractivity contribution in [3.05, 3.63) is 42.2 Å². The van der Waals surface area contributed by atoms with Crippen molar-refractivity contribution in [2.75, 3.05) is 20.3 Å². The van der Waals surface area contributed by atoms with E-state index in [2.05, 4.69) is 6.58 Å². The second-order valence-corrected chi connectivity index (χ2v) is 4.22. The summed E-state index contributed by atoms with van der Waals surface area (Å²) in [6.45, 7) is 8.56. The molecule has 5 nitrogen and oxygen atoms in total. The molecule has 0 fully saturated rings. The number of methoxy groups -OCH3 is 1. The molecular weight excluding hydrogens is 284 g/mol. The Balaban J connectivity index is 2.89. The molecule has 0 amide bonds. The normalized spacial score (nSPS) is 10.9. The van der Waals surface area contributed by atoms with Crippen molar-refractivity contribution < 1.29 is 23.7 Å². The summed E-state index contributed by atoms with van der Waals surface area (Å²) >= 11 is 0. The second-order valence-electron chi connectivity index (χ2n) is 4.22. The topological polar surface area (TPSA) is 54.0 Å². The van der Waals surface area contributed by atoms with E-state index in [4.69, 9.17) is 18.9 Å². The molecule has 0 aliphatic rings. The average molecular weight is 306 g/mol. The summed E-state index contributed by atoms with van der Waals surface area (Å²) in [5, 5.41) is 0. The van der Waals surface area contributed by atoms with Gasteiger partial charge in [-0.25, -0.2) is 0 Å². The van der Waals surface area contributed by atoms with Gasteiger partial charge in [-0.1, -0.05) is 18.7 Å². The molecule has 1 aromatic carbocycles. The van der Waals surface area contributed by atoms with Crippen molar-refractivity contribution >= 4 is 12.4 Å². The Bertz CT molecular complexity index is 516. The summed E-state index contributed by atoms with van der Waals surface area (Å²) in [5.74, 6) is 1.37. The van der Waals surface area contributed by atoms with Crippen LogP contribution in [0.3, 0.4) is 0 Å². The molecule has 0 heterocycles. The number of carbonyl (C=O) groups is 1. The predicted molar refractivity (Wildman–Crippen MR) is 84.9 cm³/mol. The second kappa shape index (κ2) is 9.76. The molecule has 0 bridgehead atoms. The maximum atomic E-state index is 10.4. The monoisotopic (exact) mass is 306 g/mol. The molecule has 0 N–H and O–H groups in total. The lowest BCUT2D eigenvalue weighted by Gasteiger charge is -2.20. The predicted octanol–water partition coefficient (Wildman–Crippen LogP) is 3.20. The van der Waals surface area contributed by atoms with Gasteiger partial charge in [-0.15, -0.1) is 0 Å². The van der Waals surface area contributed by atoms with Crippen molar-refractivity contribution in [2.45, 2.75) is 20.1 Å². The van der Waals surface area contributed by atoms with Crippen LogP contribution < -0.4 is 9.47 Å². The summed E-state index contributed by atoms with van der Waals surface area (Å²) in [6, 6.07) is 5.31. The number of hydrogen-bond donors (Lipinski definition) is 0. The molecule has 0 saturated heterocycles. The minimum absolute atomic E-state index is 0.346. The van der Waals surface area contributed by atoms with Crippen LogP contribution in [0.25, 0.3) is 6.08 Å². The summed E-state index contributed by atoms with van der Waals surface area (Å²) in [6.07, 6.45) is 3.17. The van der Waals surface area contributed by atoms with Crippen LogP contribution in [0.1, 0.15) is 19.4 Å². The Hall–Kier alpha value is -2.11. The van der Waals surface area contributed by atoms with Crippen LogP contribution in [0.5, 0.6) is 11.5 Å². The number of rotatable bonds is 10. The summed E-state index contributed by atoms with van der Waals surface area (Å²) in [4.78, 5) is 10.4. The molecule has 0 aromatic heterocycles. The number of aldehydes is 1. The number of ether oxygens (including phenoxy) is 4. The number of allylic oxidation sites excluding steroid dienone is 1. The molecule has 1 rings (SSSR count). The fraction of sp³-hybridized carbons (Fsp3) is 0.353. The third-order valence-corrected chi connectivity index (χ3v) is 2.69. The summed E-state index contributed by atoms with van der Waals surface area (Å²) in [5.41, 5.74) is 0.827. The van der Waals surface area contributed by atoms with Gasteiger partial charge in [-0.2, -0.15) is 0 Å². The molecule has 120 valence electrons. The van der Waals surface area contributed by atoms with Crippen molar-refractivity contribution in [1.29, 1.82) is 0 Å². The fourth-order valence-corrected chi connectivity index (χ4v) is 1.75. The number of carbonyl (C=O) groups excluding carboxylic acids is 1. The Morgan fingerprint density at radius 2 is 1.91 bits per heavy atom. The van der Waals surface area contributed by atoms with Crippen LogP contribution in [-0.2, 0) is 14.3 Å². The Morgan fingerprint density at radius 1 is 1.23 bits per heavy atom. The van der Waals surface area contributed by atoms with E-state index in [9.17, 15) is 4.79 Å². The molecule has 0 aliphatic carbocycles. The average Bonchev–Trinajstić information content (AvgIpc) is 2.53. The first-order chi connectivity index (χ1) is 10.7. The molecule has 0 radical (unpaired) electrons. The van der Waals surface area contributed by atoms with Gasteiger partial charge < -0.3 is 18.9 Å². The first-order valence-corrected chi connectivity index (χ1v) is 7.05. The van der Waals surface area contributed by atoms with Gasteiger partial charge in [-0.05, 0) is 37.6 Å². The van der Waals surface area contributed by atoms with Crippen molar-refractivity contribution in [1.82, 2.24) is 0 Å². The van der Waals surface area contributed by atoms with Crippen LogP contribution in [-0.4, -0.2) is 32.9 Å². The standard InChI is InChI=1S/C17H22O5/c1-5-20-17(21-6-2)13(3)22-15-10-9-14(8-7-11-18)12-16(15)19-4/h7-12,17H,3,5-6H2,1-2,4H3/b8-7+. The minimum atomic E-state index is -0.630. The molecule has 0 saturated carbocycles. The van der Waals surface area contributed by atoms with E-state index in [0.717, 1.165) is 5.56 Å². The van der Waals surface area contributed by atoms with Crippen LogP contribution in [0.4, 0.5) is 0 Å². The van der Waals surface area contributed by atoms with Gasteiger partial charge in [0.05, 0.1) is 7.11 Å². The minimum Gasteiger partial charge on any atom is -0.493 e. The zero-order valence-corrected chi connectivity index (χ0v) is 13.2. The first-order valence-electron chi connectivity index (χ1n) is 7.05. The van der Waals surface area contributed by atoms with Crippen LogP contribution >= 0.6 is 0 Å². The van der Waals surface area contributed by atoms with E-state index in [1.807, 2.05) is 19.9 Å². The van der Waals surface area contributed by atoms with Crippen molar-refractivity contribution in [3.63, 3.8) is 0 Å². The molecule has 1 aromatic rings. The van der Waals surface area contributed by atoms with Crippen LogP contribution in [0.15, 0.2) is 36.6 Å². The molecule has 5 heteroatoms. The third-order valence-electron chi connectivity index (χ3n) is 2.69. The highest BCUT2D eigenvalue weighted by Gasteiger charge is 2.16. The SMILES string of the molecule is C=C(Oc1ccc(/C=C/C=O)cc1OC)C(OCC)OCC. The van der Waals surface area contributed by atoms with E-state index < -0.39 is 6.29 Å². The molecular formula is C17H22O5. The van der Waals surface area contributed by atoms with E-state index in [1.165, 1.54) is 6.08 Å². The lowest BCUT2D eigenvalue weighted by Crippen LogP contribution is -2.22. The molecule has 0 unspecified atom stereocenters. The Morgan fingerprint density at radius 3 is 2.45 bits per heavy atom. The zero-order valence-electron chi connectivity index (χ0n) is 13.2. The Labute approximate surface area is 131 Å². The highest BCUT2D eigenvalue weighted by Crippen LogP contribution is 2.30. The summed E-state index contributed by atoms with van der Waals surface area (Å²) in [7, 11) is 1.54. The van der Waals surface area contributed by atoms with Gasteiger partial charge in [0, 0.05) is 13.2 Å².